The summed E-state index contributed by atoms with van der Waals surface area (Å²) in [5.41, 5.74) is 2.04. The molecule has 2 aromatic carbocycles. The first-order valence-corrected chi connectivity index (χ1v) is 11.3. The maximum absolute atomic E-state index is 12.8. The second kappa shape index (κ2) is 9.53. The number of hydrogen-bond donors (Lipinski definition) is 4. The van der Waals surface area contributed by atoms with Crippen molar-refractivity contribution in [2.75, 3.05) is 19.7 Å². The van der Waals surface area contributed by atoms with Crippen molar-refractivity contribution in [3.63, 3.8) is 0 Å². The van der Waals surface area contributed by atoms with Crippen LogP contribution in [0, 0.1) is 0 Å². The summed E-state index contributed by atoms with van der Waals surface area (Å²) in [5.74, 6) is -1.08. The van der Waals surface area contributed by atoms with Gasteiger partial charge in [0, 0.05) is 22.5 Å². The maximum atomic E-state index is 12.8. The molecule has 188 valence electrons. The van der Waals surface area contributed by atoms with Gasteiger partial charge in [0.05, 0.1) is 11.3 Å². The molecule has 3 heterocycles. The van der Waals surface area contributed by atoms with E-state index in [1.165, 1.54) is 6.07 Å². The number of aromatic hydroxyl groups is 1. The Bertz CT molecular complexity index is 1360. The Balaban J connectivity index is 1.44. The number of carbonyl (C=O) groups is 1. The number of H-pyrrole nitrogens is 1. The van der Waals surface area contributed by atoms with E-state index in [9.17, 15) is 23.1 Å². The molecule has 0 aliphatic carbocycles. The topological polar surface area (TPSA) is 120 Å². The van der Waals surface area contributed by atoms with Crippen LogP contribution in [-0.4, -0.2) is 59.5 Å². The fourth-order valence-corrected chi connectivity index (χ4v) is 4.32. The van der Waals surface area contributed by atoms with E-state index in [1.807, 2.05) is 0 Å². The van der Waals surface area contributed by atoms with Gasteiger partial charge in [-0.05, 0) is 50.2 Å². The molecule has 0 atom stereocenters. The molecule has 9 nitrogen and oxygen atoms in total. The Morgan fingerprint density at radius 1 is 1.19 bits per heavy atom. The highest BCUT2D eigenvalue weighted by molar-refractivity contribution is 6.58. The van der Waals surface area contributed by atoms with E-state index in [0.717, 1.165) is 38.1 Å². The van der Waals surface area contributed by atoms with Crippen LogP contribution in [0.3, 0.4) is 0 Å². The van der Waals surface area contributed by atoms with Crippen molar-refractivity contribution in [3.8, 4) is 11.6 Å². The van der Waals surface area contributed by atoms with Crippen molar-refractivity contribution in [1.82, 2.24) is 15.6 Å². The van der Waals surface area contributed by atoms with E-state index < -0.39 is 12.1 Å². The minimum atomic E-state index is -4.87. The van der Waals surface area contributed by atoms with Crippen LogP contribution in [0.4, 0.5) is 18.9 Å². The number of hydrogen-bond acceptors (Lipinski definition) is 7. The third kappa shape index (κ3) is 4.98. The molecule has 0 saturated carbocycles. The summed E-state index contributed by atoms with van der Waals surface area (Å²) in [4.78, 5) is 24.9. The van der Waals surface area contributed by atoms with E-state index in [4.69, 9.17) is 4.84 Å². The molecule has 2 aliphatic heterocycles. The van der Waals surface area contributed by atoms with Gasteiger partial charge < -0.3 is 30.3 Å². The summed E-state index contributed by atoms with van der Waals surface area (Å²) in [6.07, 6.45) is -3.23. The summed E-state index contributed by atoms with van der Waals surface area (Å²) in [7, 11) is 0. The van der Waals surface area contributed by atoms with Gasteiger partial charge in [-0.25, -0.2) is 4.99 Å². The first kappa shape index (κ1) is 23.7. The summed E-state index contributed by atoms with van der Waals surface area (Å²) in [6.45, 7) is 1.33. The molecule has 1 aromatic heterocycles. The molecule has 2 aliphatic rings. The fraction of sp³-hybridized carbons (Fsp3) is 0.292. The predicted octanol–water partition coefficient (Wildman–Crippen LogP) is 3.50. The second-order valence-corrected chi connectivity index (χ2v) is 8.39. The minimum absolute atomic E-state index is 0.0654. The zero-order chi connectivity index (χ0) is 25.3. The number of amides is 1. The number of aromatic nitrogens is 1. The Labute approximate surface area is 203 Å². The molecular weight excluding hydrogens is 479 g/mol. The number of aliphatic imine (C=N–C) groups is 1. The van der Waals surface area contributed by atoms with Crippen LogP contribution in [0.2, 0.25) is 0 Å². The fourth-order valence-electron chi connectivity index (χ4n) is 4.32. The Morgan fingerprint density at radius 3 is 2.75 bits per heavy atom. The number of para-hydroxylation sites is 1. The quantitative estimate of drug-likeness (QED) is 0.386. The number of oxime groups is 1. The van der Waals surface area contributed by atoms with E-state index in [-0.39, 0.29) is 46.8 Å². The minimum Gasteiger partial charge on any atom is -0.494 e. The molecule has 1 amide bonds. The third-order valence-corrected chi connectivity index (χ3v) is 5.89. The molecule has 36 heavy (non-hydrogen) atoms. The number of aromatic amines is 1. The van der Waals surface area contributed by atoms with Crippen LogP contribution in [0.5, 0.6) is 11.6 Å². The number of piperidine rings is 1. The largest absolute Gasteiger partial charge is 0.573 e. The highest BCUT2D eigenvalue weighted by atomic mass is 19.4. The highest BCUT2D eigenvalue weighted by Gasteiger charge is 2.33. The van der Waals surface area contributed by atoms with Gasteiger partial charge in [0.25, 0.3) is 5.91 Å². The summed E-state index contributed by atoms with van der Waals surface area (Å²) < 4.78 is 42.3. The molecule has 3 aromatic rings. The number of carbonyl (C=O) groups excluding carboxylic acids is 1. The smallest absolute Gasteiger partial charge is 0.494 e. The number of fused-ring (bicyclic) bond motifs is 2. The number of benzene rings is 2. The Kier molecular flexibility index (Phi) is 6.27. The van der Waals surface area contributed by atoms with E-state index in [2.05, 4.69) is 30.5 Å². The second-order valence-electron chi connectivity index (χ2n) is 8.39. The molecule has 1 fully saturated rings. The summed E-state index contributed by atoms with van der Waals surface area (Å²) in [6, 6.07) is 10.7. The monoisotopic (exact) mass is 501 g/mol. The van der Waals surface area contributed by atoms with Crippen molar-refractivity contribution in [3.05, 3.63) is 53.6 Å². The Hall–Kier alpha value is -4.06. The Morgan fingerprint density at radius 2 is 1.97 bits per heavy atom. The SMILES string of the molecule is O=C(CO/N=C1/C(c2c(O)[nH]c3ccc(OC(F)(F)F)cc23)=Nc2ccccc21)NC1CCNCC1. The van der Waals surface area contributed by atoms with E-state index in [0.29, 0.717) is 16.8 Å². The van der Waals surface area contributed by atoms with Crippen LogP contribution < -0.4 is 15.4 Å². The molecule has 4 N–H and O–H groups in total. The zero-order valence-corrected chi connectivity index (χ0v) is 18.9. The molecule has 12 heteroatoms. The van der Waals surface area contributed by atoms with Gasteiger partial charge in [-0.15, -0.1) is 13.2 Å². The van der Waals surface area contributed by atoms with E-state index >= 15 is 0 Å². The molecular formula is C24H22F3N5O4. The van der Waals surface area contributed by atoms with E-state index in [1.54, 1.807) is 24.3 Å². The number of halogens is 3. The average Bonchev–Trinajstić information content (AvgIpc) is 3.34. The van der Waals surface area contributed by atoms with Gasteiger partial charge in [0.1, 0.15) is 17.2 Å². The van der Waals surface area contributed by atoms with Crippen molar-refractivity contribution in [2.45, 2.75) is 25.2 Å². The van der Waals surface area contributed by atoms with Crippen molar-refractivity contribution in [2.24, 2.45) is 10.1 Å². The summed E-state index contributed by atoms with van der Waals surface area (Å²) >= 11 is 0. The van der Waals surface area contributed by atoms with Crippen LogP contribution >= 0.6 is 0 Å². The van der Waals surface area contributed by atoms with Gasteiger partial charge in [0.15, 0.2) is 12.5 Å². The first-order chi connectivity index (χ1) is 17.3. The standard InChI is InChI=1S/C24H22F3N5O4/c25-24(26,27)36-14-5-6-18-16(11-14)20(23(34)31-18)22-21(15-3-1-2-4-17(15)30-22)32-35-12-19(33)29-13-7-9-28-10-8-13/h1-6,11,13,28,31,34H,7-10,12H2,(H,29,33)/b32-21+. The molecule has 0 radical (unpaired) electrons. The summed E-state index contributed by atoms with van der Waals surface area (Å²) in [5, 5.41) is 21.2. The van der Waals surface area contributed by atoms with Crippen LogP contribution in [-0.2, 0) is 9.63 Å². The number of nitrogens with one attached hydrogen (secondary N) is 3. The number of rotatable bonds is 6. The first-order valence-electron chi connectivity index (χ1n) is 11.3. The van der Waals surface area contributed by atoms with Crippen LogP contribution in [0.25, 0.3) is 10.9 Å². The zero-order valence-electron chi connectivity index (χ0n) is 18.9. The lowest BCUT2D eigenvalue weighted by Gasteiger charge is -2.23. The lowest BCUT2D eigenvalue weighted by atomic mass is 10.0. The van der Waals surface area contributed by atoms with Crippen LogP contribution in [0.15, 0.2) is 52.6 Å². The number of ether oxygens (including phenoxy) is 1. The molecule has 0 bridgehead atoms. The van der Waals surface area contributed by atoms with Gasteiger partial charge in [0.2, 0.25) is 0 Å². The predicted molar refractivity (Wildman–Crippen MR) is 126 cm³/mol. The van der Waals surface area contributed by atoms with Gasteiger partial charge in [-0.1, -0.05) is 23.4 Å². The molecule has 1 saturated heterocycles. The molecule has 5 rings (SSSR count). The van der Waals surface area contributed by atoms with Gasteiger partial charge >= 0.3 is 6.36 Å². The molecule has 0 spiro atoms. The third-order valence-electron chi connectivity index (χ3n) is 5.89. The van der Waals surface area contributed by atoms with Gasteiger partial charge in [-0.2, -0.15) is 0 Å². The van der Waals surface area contributed by atoms with Crippen LogP contribution in [0.1, 0.15) is 24.0 Å². The maximum Gasteiger partial charge on any atom is 0.573 e. The van der Waals surface area contributed by atoms with Crippen molar-refractivity contribution < 1.29 is 32.6 Å². The average molecular weight is 501 g/mol. The normalized spacial score (nSPS) is 17.2. The van der Waals surface area contributed by atoms with Crippen molar-refractivity contribution in [1.29, 1.82) is 0 Å². The van der Waals surface area contributed by atoms with Crippen molar-refractivity contribution >= 4 is 33.9 Å². The van der Waals surface area contributed by atoms with Gasteiger partial charge in [-0.3, -0.25) is 4.79 Å². The number of alkyl halides is 3. The lowest BCUT2D eigenvalue weighted by Crippen LogP contribution is -2.43. The number of nitrogens with zero attached hydrogens (tertiary/aromatic N) is 2. The highest BCUT2D eigenvalue weighted by Crippen LogP contribution is 2.37. The molecule has 0 unspecified atom stereocenters. The lowest BCUT2D eigenvalue weighted by molar-refractivity contribution is -0.274.